The number of likely N-dealkylation sites (tertiary alicyclic amines) is 1. The molecule has 1 saturated heterocycles. The lowest BCUT2D eigenvalue weighted by molar-refractivity contribution is -0.126. The average Bonchev–Trinajstić information content (AvgIpc) is 3.32. The number of hydrogen-bond donors (Lipinski definition) is 1. The van der Waals surface area contributed by atoms with Crippen LogP contribution in [0.1, 0.15) is 40.6 Å². The summed E-state index contributed by atoms with van der Waals surface area (Å²) in [4.78, 5) is 27.7. The molecule has 5 rings (SSSR count). The molecule has 1 atom stereocenters. The van der Waals surface area contributed by atoms with E-state index in [4.69, 9.17) is 4.42 Å². The fourth-order valence-electron chi connectivity index (χ4n) is 4.49. The minimum absolute atomic E-state index is 0.0526. The van der Waals surface area contributed by atoms with Crippen LogP contribution >= 0.6 is 0 Å². The van der Waals surface area contributed by atoms with Crippen LogP contribution < -0.4 is 5.32 Å². The van der Waals surface area contributed by atoms with Gasteiger partial charge in [0.2, 0.25) is 5.91 Å². The average molecular weight is 457 g/mol. The first-order valence-corrected chi connectivity index (χ1v) is 11.5. The first-order valence-electron chi connectivity index (χ1n) is 11.5. The second kappa shape index (κ2) is 9.51. The van der Waals surface area contributed by atoms with Crippen LogP contribution in [0.5, 0.6) is 0 Å². The highest BCUT2D eigenvalue weighted by molar-refractivity contribution is 5.94. The molecular formula is C28H25FN2O3. The molecule has 1 N–H and O–H groups in total. The molecule has 5 nitrogen and oxygen atoms in total. The van der Waals surface area contributed by atoms with E-state index in [-0.39, 0.29) is 23.5 Å². The Morgan fingerprint density at radius 3 is 2.29 bits per heavy atom. The summed E-state index contributed by atoms with van der Waals surface area (Å²) in [5.74, 6) is -0.0756. The van der Waals surface area contributed by atoms with E-state index in [1.54, 1.807) is 4.90 Å². The molecule has 0 radical (unpaired) electrons. The molecule has 1 aliphatic heterocycles. The molecule has 6 heteroatoms. The lowest BCUT2D eigenvalue weighted by Crippen LogP contribution is -2.43. The van der Waals surface area contributed by atoms with E-state index in [0.717, 1.165) is 16.5 Å². The maximum atomic E-state index is 13.3. The summed E-state index contributed by atoms with van der Waals surface area (Å²) in [6.07, 6.45) is 1.14. The molecule has 0 bridgehead atoms. The Balaban J connectivity index is 1.28. The summed E-state index contributed by atoms with van der Waals surface area (Å²) in [5.41, 5.74) is 2.18. The van der Waals surface area contributed by atoms with E-state index in [9.17, 15) is 14.0 Å². The number of carbonyl (C=O) groups is 2. The van der Waals surface area contributed by atoms with Crippen LogP contribution in [0.25, 0.3) is 11.0 Å². The molecule has 34 heavy (non-hydrogen) atoms. The summed E-state index contributed by atoms with van der Waals surface area (Å²) in [6.45, 7) is 0.962. The van der Waals surface area contributed by atoms with Gasteiger partial charge in [-0.2, -0.15) is 0 Å². The molecule has 1 aromatic heterocycles. The number of carbonyl (C=O) groups excluding carboxylic acids is 2. The second-order valence-corrected chi connectivity index (χ2v) is 8.61. The molecule has 1 unspecified atom stereocenters. The molecule has 172 valence electrons. The van der Waals surface area contributed by atoms with Crippen molar-refractivity contribution < 1.29 is 18.4 Å². The van der Waals surface area contributed by atoms with E-state index in [1.807, 2.05) is 60.7 Å². The Morgan fingerprint density at radius 2 is 1.59 bits per heavy atom. The lowest BCUT2D eigenvalue weighted by Gasteiger charge is -2.32. The molecule has 3 aromatic carbocycles. The number of para-hydroxylation sites is 1. The number of nitrogens with zero attached hydrogens (tertiary/aromatic N) is 1. The van der Waals surface area contributed by atoms with Crippen LogP contribution in [-0.2, 0) is 4.79 Å². The van der Waals surface area contributed by atoms with Crippen LogP contribution in [0, 0.1) is 11.7 Å². The highest BCUT2D eigenvalue weighted by atomic mass is 19.1. The number of benzene rings is 3. The van der Waals surface area contributed by atoms with Crippen LogP contribution in [0.15, 0.2) is 89.3 Å². The number of piperidine rings is 1. The van der Waals surface area contributed by atoms with Gasteiger partial charge in [0.15, 0.2) is 0 Å². The van der Waals surface area contributed by atoms with Gasteiger partial charge in [0.05, 0.1) is 0 Å². The molecular weight excluding hydrogens is 431 g/mol. The third-order valence-electron chi connectivity index (χ3n) is 6.39. The van der Waals surface area contributed by atoms with Crippen molar-refractivity contribution in [2.45, 2.75) is 18.9 Å². The number of hydrogen-bond acceptors (Lipinski definition) is 3. The van der Waals surface area contributed by atoms with Crippen molar-refractivity contribution in [3.05, 3.63) is 108 Å². The van der Waals surface area contributed by atoms with Crippen molar-refractivity contribution in [2.75, 3.05) is 13.1 Å². The second-order valence-electron chi connectivity index (χ2n) is 8.61. The van der Waals surface area contributed by atoms with Crippen molar-refractivity contribution in [1.82, 2.24) is 10.2 Å². The maximum absolute atomic E-state index is 13.3. The molecule has 2 amide bonds. The van der Waals surface area contributed by atoms with Crippen molar-refractivity contribution in [3.63, 3.8) is 0 Å². The lowest BCUT2D eigenvalue weighted by atomic mass is 9.94. The van der Waals surface area contributed by atoms with Crippen LogP contribution in [0.2, 0.25) is 0 Å². The van der Waals surface area contributed by atoms with Gasteiger partial charge in [-0.05, 0) is 54.8 Å². The smallest absolute Gasteiger partial charge is 0.253 e. The maximum Gasteiger partial charge on any atom is 0.253 e. The fraction of sp³-hybridized carbons (Fsp3) is 0.214. The van der Waals surface area contributed by atoms with Gasteiger partial charge in [-0.1, -0.05) is 48.5 Å². The van der Waals surface area contributed by atoms with Crippen molar-refractivity contribution in [2.24, 2.45) is 5.92 Å². The van der Waals surface area contributed by atoms with Gasteiger partial charge < -0.3 is 14.6 Å². The third kappa shape index (κ3) is 4.57. The summed E-state index contributed by atoms with van der Waals surface area (Å²) in [6, 6.07) is 24.7. The molecule has 1 aliphatic rings. The fourth-order valence-corrected chi connectivity index (χ4v) is 4.49. The molecule has 0 spiro atoms. The standard InChI is InChI=1S/C28H25FN2O3/c29-23-12-10-21(11-13-23)28(33)31-16-14-20(15-17-31)27(32)30-26(19-6-2-1-3-7-19)25-18-22-8-4-5-9-24(22)34-25/h1-13,18,20,26H,14-17H2,(H,30,32). The van der Waals surface area contributed by atoms with Gasteiger partial charge in [-0.25, -0.2) is 4.39 Å². The first-order chi connectivity index (χ1) is 16.6. The van der Waals surface area contributed by atoms with E-state index >= 15 is 0 Å². The van der Waals surface area contributed by atoms with E-state index in [2.05, 4.69) is 5.32 Å². The SMILES string of the molecule is O=C(NC(c1ccccc1)c1cc2ccccc2o1)C1CCN(C(=O)c2ccc(F)cc2)CC1. The van der Waals surface area contributed by atoms with Gasteiger partial charge in [-0.15, -0.1) is 0 Å². The Morgan fingerprint density at radius 1 is 0.912 bits per heavy atom. The van der Waals surface area contributed by atoms with Crippen LogP contribution in [0.4, 0.5) is 4.39 Å². The molecule has 4 aromatic rings. The number of furan rings is 1. The zero-order valence-corrected chi connectivity index (χ0v) is 18.6. The number of nitrogens with one attached hydrogen (secondary N) is 1. The Hall–Kier alpha value is -3.93. The van der Waals surface area contributed by atoms with E-state index < -0.39 is 6.04 Å². The molecule has 0 aliphatic carbocycles. The number of amides is 2. The van der Waals surface area contributed by atoms with Gasteiger partial charge in [-0.3, -0.25) is 9.59 Å². The minimum Gasteiger partial charge on any atom is -0.459 e. The largest absolute Gasteiger partial charge is 0.459 e. The zero-order chi connectivity index (χ0) is 23.5. The van der Waals surface area contributed by atoms with Crippen molar-refractivity contribution in [1.29, 1.82) is 0 Å². The van der Waals surface area contributed by atoms with Crippen molar-refractivity contribution in [3.8, 4) is 0 Å². The Kier molecular flexibility index (Phi) is 6.12. The third-order valence-corrected chi connectivity index (χ3v) is 6.39. The van der Waals surface area contributed by atoms with E-state index in [1.165, 1.54) is 24.3 Å². The number of fused-ring (bicyclic) bond motifs is 1. The number of halogens is 1. The molecule has 0 saturated carbocycles. The zero-order valence-electron chi connectivity index (χ0n) is 18.6. The van der Waals surface area contributed by atoms with Gasteiger partial charge in [0.1, 0.15) is 23.2 Å². The Bertz CT molecular complexity index is 1260. The Labute approximate surface area is 197 Å². The van der Waals surface area contributed by atoms with Gasteiger partial charge >= 0.3 is 0 Å². The first kappa shape index (κ1) is 21.9. The van der Waals surface area contributed by atoms with Crippen LogP contribution in [0.3, 0.4) is 0 Å². The summed E-state index contributed by atoms with van der Waals surface area (Å²) in [5, 5.41) is 4.17. The summed E-state index contributed by atoms with van der Waals surface area (Å²) < 4.78 is 19.3. The number of rotatable bonds is 5. The topological polar surface area (TPSA) is 62.6 Å². The minimum atomic E-state index is -0.403. The van der Waals surface area contributed by atoms with Gasteiger partial charge in [0.25, 0.3) is 5.91 Å². The highest BCUT2D eigenvalue weighted by Crippen LogP contribution is 2.29. The highest BCUT2D eigenvalue weighted by Gasteiger charge is 2.30. The summed E-state index contributed by atoms with van der Waals surface area (Å²) >= 11 is 0. The van der Waals surface area contributed by atoms with Crippen molar-refractivity contribution >= 4 is 22.8 Å². The van der Waals surface area contributed by atoms with Gasteiger partial charge in [0, 0.05) is 30.0 Å². The quantitative estimate of drug-likeness (QED) is 0.442. The van der Waals surface area contributed by atoms with E-state index in [0.29, 0.717) is 37.3 Å². The monoisotopic (exact) mass is 456 g/mol. The normalized spacial score (nSPS) is 15.3. The van der Waals surface area contributed by atoms with Crippen LogP contribution in [-0.4, -0.2) is 29.8 Å². The molecule has 2 heterocycles. The predicted octanol–water partition coefficient (Wildman–Crippen LogP) is 5.33. The molecule has 1 fully saturated rings. The predicted molar refractivity (Wildman–Crippen MR) is 128 cm³/mol. The summed E-state index contributed by atoms with van der Waals surface area (Å²) in [7, 11) is 0.